The zero-order valence-corrected chi connectivity index (χ0v) is 15.9. The average Bonchev–Trinajstić information content (AvgIpc) is 2.63. The molecule has 0 spiro atoms. The predicted octanol–water partition coefficient (Wildman–Crippen LogP) is 4.62. The quantitative estimate of drug-likeness (QED) is 0.812. The first-order valence-corrected chi connectivity index (χ1v) is 9.39. The molecular weight excluding hydrogens is 338 g/mol. The van der Waals surface area contributed by atoms with Gasteiger partial charge in [0.15, 0.2) is 0 Å². The minimum absolute atomic E-state index is 0.307. The molecule has 0 aliphatic heterocycles. The Morgan fingerprint density at radius 3 is 2.67 bits per heavy atom. The van der Waals surface area contributed by atoms with E-state index in [9.17, 15) is 15.0 Å². The number of aromatic hydroxyl groups is 1. The fourth-order valence-electron chi connectivity index (χ4n) is 4.08. The van der Waals surface area contributed by atoms with Crippen LogP contribution in [0.25, 0.3) is 6.08 Å². The zero-order chi connectivity index (χ0) is 19.4. The van der Waals surface area contributed by atoms with Crippen LogP contribution in [0, 0.1) is 5.92 Å². The molecule has 0 bridgehead atoms. The molecule has 3 rings (SSSR count). The van der Waals surface area contributed by atoms with Crippen LogP contribution in [0.15, 0.2) is 54.1 Å². The van der Waals surface area contributed by atoms with E-state index >= 15 is 0 Å². The van der Waals surface area contributed by atoms with Crippen molar-refractivity contribution in [1.29, 1.82) is 0 Å². The Morgan fingerprint density at radius 1 is 1.19 bits per heavy atom. The van der Waals surface area contributed by atoms with Crippen LogP contribution in [0.4, 0.5) is 0 Å². The minimum atomic E-state index is -0.900. The van der Waals surface area contributed by atoms with Crippen LogP contribution in [0.2, 0.25) is 0 Å². The van der Waals surface area contributed by atoms with Gasteiger partial charge in [-0.15, -0.1) is 0 Å². The van der Waals surface area contributed by atoms with Crippen molar-refractivity contribution in [2.75, 3.05) is 20.6 Å². The fraction of sp³-hybridized carbons (Fsp3) is 0.348. The minimum Gasteiger partial charge on any atom is -0.508 e. The van der Waals surface area contributed by atoms with E-state index in [1.807, 2.05) is 18.2 Å². The molecule has 0 unspecified atom stereocenters. The van der Waals surface area contributed by atoms with Crippen molar-refractivity contribution < 1.29 is 15.0 Å². The van der Waals surface area contributed by atoms with E-state index in [2.05, 4.69) is 31.1 Å². The standard InChI is InChI=1S/C23H27NO3/c1-24(2)15-20-10-9-17(11-16-5-3-7-19(12-16)23(26)27)13-22(20)18-6-4-8-21(25)14-18/h3-8,11-12,14,20,22,25H,9-10,13,15H2,1-2H3,(H,26,27)/b17-11-/t20-,22+/m1/s1. The first-order chi connectivity index (χ1) is 12.9. The molecule has 1 aliphatic carbocycles. The number of phenolic OH excluding ortho intramolecular Hbond substituents is 1. The summed E-state index contributed by atoms with van der Waals surface area (Å²) >= 11 is 0. The van der Waals surface area contributed by atoms with E-state index in [4.69, 9.17) is 0 Å². The number of carboxylic acids is 1. The first kappa shape index (κ1) is 19.2. The van der Waals surface area contributed by atoms with Gasteiger partial charge in [-0.3, -0.25) is 0 Å². The van der Waals surface area contributed by atoms with Crippen LogP contribution in [0.1, 0.15) is 46.7 Å². The number of rotatable bonds is 5. The number of aromatic carboxylic acids is 1. The van der Waals surface area contributed by atoms with Crippen molar-refractivity contribution >= 4 is 12.0 Å². The summed E-state index contributed by atoms with van der Waals surface area (Å²) in [6.45, 7) is 1.02. The topological polar surface area (TPSA) is 60.8 Å². The Labute approximate surface area is 160 Å². The SMILES string of the molecule is CN(C)C[C@H]1CC/C(=C/c2cccc(C(=O)O)c2)C[C@H]1c1cccc(O)c1. The lowest BCUT2D eigenvalue weighted by molar-refractivity contribution is 0.0697. The average molecular weight is 365 g/mol. The monoisotopic (exact) mass is 365 g/mol. The van der Waals surface area contributed by atoms with Gasteiger partial charge in [0.2, 0.25) is 0 Å². The van der Waals surface area contributed by atoms with Crippen molar-refractivity contribution in [3.05, 3.63) is 70.8 Å². The highest BCUT2D eigenvalue weighted by Gasteiger charge is 2.29. The van der Waals surface area contributed by atoms with E-state index in [1.54, 1.807) is 24.3 Å². The Kier molecular flexibility index (Phi) is 5.97. The van der Waals surface area contributed by atoms with Gasteiger partial charge in [-0.25, -0.2) is 4.79 Å². The highest BCUT2D eigenvalue weighted by Crippen LogP contribution is 2.42. The highest BCUT2D eigenvalue weighted by atomic mass is 16.4. The zero-order valence-electron chi connectivity index (χ0n) is 15.9. The number of nitrogens with zero attached hydrogens (tertiary/aromatic N) is 1. The number of benzene rings is 2. The molecule has 2 aromatic rings. The molecule has 1 fully saturated rings. The van der Waals surface area contributed by atoms with Gasteiger partial charge in [-0.1, -0.05) is 35.9 Å². The molecule has 1 aliphatic rings. The summed E-state index contributed by atoms with van der Waals surface area (Å²) in [6.07, 6.45) is 5.17. The maximum absolute atomic E-state index is 11.2. The van der Waals surface area contributed by atoms with Crippen LogP contribution in [-0.2, 0) is 0 Å². The van der Waals surface area contributed by atoms with Gasteiger partial charge in [0.1, 0.15) is 5.75 Å². The van der Waals surface area contributed by atoms with Gasteiger partial charge in [-0.2, -0.15) is 0 Å². The van der Waals surface area contributed by atoms with Gasteiger partial charge in [0.25, 0.3) is 0 Å². The Bertz CT molecular complexity index is 841. The van der Waals surface area contributed by atoms with Crippen LogP contribution < -0.4 is 0 Å². The van der Waals surface area contributed by atoms with Gasteiger partial charge in [-0.05, 0) is 80.6 Å². The molecule has 4 nitrogen and oxygen atoms in total. The fourth-order valence-corrected chi connectivity index (χ4v) is 4.08. The molecule has 2 atom stereocenters. The molecule has 2 N–H and O–H groups in total. The summed E-state index contributed by atoms with van der Waals surface area (Å²) in [4.78, 5) is 13.4. The Morgan fingerprint density at radius 2 is 1.96 bits per heavy atom. The van der Waals surface area contributed by atoms with Gasteiger partial charge < -0.3 is 15.1 Å². The second-order valence-electron chi connectivity index (χ2n) is 7.70. The molecule has 0 heterocycles. The molecule has 0 amide bonds. The number of carbonyl (C=O) groups is 1. The van der Waals surface area contributed by atoms with Gasteiger partial charge in [0.05, 0.1) is 5.56 Å². The lowest BCUT2D eigenvalue weighted by Crippen LogP contribution is -2.29. The number of hydrogen-bond donors (Lipinski definition) is 2. The summed E-state index contributed by atoms with van der Waals surface area (Å²) in [5, 5.41) is 19.1. The van der Waals surface area contributed by atoms with Crippen molar-refractivity contribution in [1.82, 2.24) is 4.90 Å². The summed E-state index contributed by atoms with van der Waals surface area (Å²) in [6, 6.07) is 14.7. The normalized spacial score (nSPS) is 21.5. The van der Waals surface area contributed by atoms with Crippen LogP contribution in [-0.4, -0.2) is 41.7 Å². The largest absolute Gasteiger partial charge is 0.508 e. The molecule has 4 heteroatoms. The van der Waals surface area contributed by atoms with E-state index in [1.165, 1.54) is 11.1 Å². The van der Waals surface area contributed by atoms with E-state index in [-0.39, 0.29) is 0 Å². The number of hydrogen-bond acceptors (Lipinski definition) is 3. The number of allylic oxidation sites excluding steroid dienone is 1. The second-order valence-corrected chi connectivity index (χ2v) is 7.70. The molecule has 1 saturated carbocycles. The van der Waals surface area contributed by atoms with E-state index in [0.717, 1.165) is 31.4 Å². The van der Waals surface area contributed by atoms with E-state index in [0.29, 0.717) is 23.1 Å². The summed E-state index contributed by atoms with van der Waals surface area (Å²) in [5.74, 6) is 0.287. The number of carboxylic acid groups (broad SMARTS) is 1. The third-order valence-electron chi connectivity index (χ3n) is 5.29. The van der Waals surface area contributed by atoms with Crippen molar-refractivity contribution in [2.24, 2.45) is 5.92 Å². The summed E-state index contributed by atoms with van der Waals surface area (Å²) in [5.41, 5.74) is 3.76. The molecule has 27 heavy (non-hydrogen) atoms. The molecule has 0 saturated heterocycles. The maximum atomic E-state index is 11.2. The predicted molar refractivity (Wildman–Crippen MR) is 108 cm³/mol. The third-order valence-corrected chi connectivity index (χ3v) is 5.29. The lowest BCUT2D eigenvalue weighted by Gasteiger charge is -2.35. The Balaban J connectivity index is 1.87. The summed E-state index contributed by atoms with van der Waals surface area (Å²) < 4.78 is 0. The summed E-state index contributed by atoms with van der Waals surface area (Å²) in [7, 11) is 4.20. The Hall–Kier alpha value is -2.59. The van der Waals surface area contributed by atoms with Crippen molar-refractivity contribution in [3.63, 3.8) is 0 Å². The van der Waals surface area contributed by atoms with Crippen molar-refractivity contribution in [2.45, 2.75) is 25.2 Å². The smallest absolute Gasteiger partial charge is 0.335 e. The molecular formula is C23H27NO3. The molecule has 142 valence electrons. The maximum Gasteiger partial charge on any atom is 0.335 e. The third kappa shape index (κ3) is 4.98. The lowest BCUT2D eigenvalue weighted by atomic mass is 9.73. The number of phenols is 1. The van der Waals surface area contributed by atoms with Crippen molar-refractivity contribution in [3.8, 4) is 5.75 Å². The van der Waals surface area contributed by atoms with Gasteiger partial charge >= 0.3 is 5.97 Å². The first-order valence-electron chi connectivity index (χ1n) is 9.39. The highest BCUT2D eigenvalue weighted by molar-refractivity contribution is 5.88. The van der Waals surface area contributed by atoms with E-state index < -0.39 is 5.97 Å². The molecule has 0 radical (unpaired) electrons. The van der Waals surface area contributed by atoms with Crippen LogP contribution >= 0.6 is 0 Å². The van der Waals surface area contributed by atoms with Gasteiger partial charge in [0, 0.05) is 6.54 Å². The van der Waals surface area contributed by atoms with Crippen LogP contribution in [0.5, 0.6) is 5.75 Å². The molecule has 2 aromatic carbocycles. The second kappa shape index (κ2) is 8.40. The van der Waals surface area contributed by atoms with Crippen LogP contribution in [0.3, 0.4) is 0 Å². The molecule has 0 aromatic heterocycles.